The number of rotatable bonds is 4. The predicted octanol–water partition coefficient (Wildman–Crippen LogP) is 2.84. The van der Waals surface area contributed by atoms with E-state index in [0.717, 1.165) is 37.2 Å². The SMILES string of the molecule is CC(C)(C)OC=O.COc1cccc(C(=O)C2CCNCC2)c1. The Hall–Kier alpha value is -1.88. The number of Topliss-reactive ketones (excluding diaryl/α,β-unsaturated/α-hetero) is 1. The number of benzene rings is 1. The summed E-state index contributed by atoms with van der Waals surface area (Å²) in [7, 11) is 1.62. The summed E-state index contributed by atoms with van der Waals surface area (Å²) in [5.41, 5.74) is 0.452. The second kappa shape index (κ2) is 9.30. The molecular formula is C18H27NO4. The molecular weight excluding hydrogens is 294 g/mol. The minimum Gasteiger partial charge on any atom is -0.497 e. The lowest BCUT2D eigenvalue weighted by molar-refractivity contribution is -0.138. The summed E-state index contributed by atoms with van der Waals surface area (Å²) >= 11 is 0. The predicted molar refractivity (Wildman–Crippen MR) is 89.8 cm³/mol. The minimum absolute atomic E-state index is 0.174. The number of ketones is 1. The maximum Gasteiger partial charge on any atom is 0.293 e. The van der Waals surface area contributed by atoms with E-state index in [1.807, 2.05) is 45.0 Å². The standard InChI is InChI=1S/C13H17NO2.C5H10O2/c1-16-12-4-2-3-11(9-12)13(15)10-5-7-14-8-6-10;1-5(2,3)7-4-6/h2-4,9-10,14H,5-8H2,1H3;4H,1-3H3. The molecule has 0 aromatic heterocycles. The van der Waals surface area contributed by atoms with Crippen LogP contribution in [-0.4, -0.2) is 38.1 Å². The third-order valence-electron chi connectivity index (χ3n) is 3.47. The van der Waals surface area contributed by atoms with Gasteiger partial charge < -0.3 is 14.8 Å². The lowest BCUT2D eigenvalue weighted by Gasteiger charge is -2.21. The summed E-state index contributed by atoms with van der Waals surface area (Å²) in [5.74, 6) is 1.17. The van der Waals surface area contributed by atoms with Gasteiger partial charge in [0.15, 0.2) is 5.78 Å². The van der Waals surface area contributed by atoms with Gasteiger partial charge in [-0.1, -0.05) is 12.1 Å². The van der Waals surface area contributed by atoms with Gasteiger partial charge in [-0.2, -0.15) is 0 Å². The first-order valence-corrected chi connectivity index (χ1v) is 7.88. The molecule has 0 unspecified atom stereocenters. The van der Waals surface area contributed by atoms with E-state index in [2.05, 4.69) is 10.1 Å². The average Bonchev–Trinajstić information content (AvgIpc) is 2.54. The van der Waals surface area contributed by atoms with E-state index < -0.39 is 0 Å². The Balaban J connectivity index is 0.000000322. The highest BCUT2D eigenvalue weighted by Gasteiger charge is 2.22. The Morgan fingerprint density at radius 1 is 1.26 bits per heavy atom. The largest absolute Gasteiger partial charge is 0.497 e. The van der Waals surface area contributed by atoms with E-state index in [0.29, 0.717) is 6.47 Å². The molecule has 0 bridgehead atoms. The number of hydrogen-bond acceptors (Lipinski definition) is 5. The molecule has 1 heterocycles. The van der Waals surface area contributed by atoms with Gasteiger partial charge in [-0.15, -0.1) is 0 Å². The van der Waals surface area contributed by atoms with Crippen LogP contribution in [0.1, 0.15) is 44.0 Å². The van der Waals surface area contributed by atoms with E-state index in [4.69, 9.17) is 4.74 Å². The van der Waals surface area contributed by atoms with Crippen molar-refractivity contribution in [1.29, 1.82) is 0 Å². The number of carbonyl (C=O) groups excluding carboxylic acids is 2. The van der Waals surface area contributed by atoms with Gasteiger partial charge in [0.1, 0.15) is 11.4 Å². The summed E-state index contributed by atoms with van der Waals surface area (Å²) in [6.45, 7) is 7.81. The highest BCUT2D eigenvalue weighted by atomic mass is 16.5. The van der Waals surface area contributed by atoms with Crippen LogP contribution in [0.3, 0.4) is 0 Å². The van der Waals surface area contributed by atoms with Crippen LogP contribution in [0.2, 0.25) is 0 Å². The number of hydrogen-bond donors (Lipinski definition) is 1. The van der Waals surface area contributed by atoms with Crippen LogP contribution in [-0.2, 0) is 9.53 Å². The maximum atomic E-state index is 12.2. The van der Waals surface area contributed by atoms with Crippen molar-refractivity contribution in [3.63, 3.8) is 0 Å². The zero-order chi connectivity index (χ0) is 17.3. The van der Waals surface area contributed by atoms with Gasteiger partial charge in [0.25, 0.3) is 6.47 Å². The molecule has 1 aliphatic heterocycles. The molecule has 1 saturated heterocycles. The van der Waals surface area contributed by atoms with Gasteiger partial charge >= 0.3 is 0 Å². The van der Waals surface area contributed by atoms with Crippen LogP contribution >= 0.6 is 0 Å². The molecule has 1 aromatic rings. The average molecular weight is 321 g/mol. The van der Waals surface area contributed by atoms with Crippen LogP contribution in [0.5, 0.6) is 5.75 Å². The zero-order valence-corrected chi connectivity index (χ0v) is 14.4. The van der Waals surface area contributed by atoms with E-state index >= 15 is 0 Å². The number of ether oxygens (including phenoxy) is 2. The quantitative estimate of drug-likeness (QED) is 0.682. The van der Waals surface area contributed by atoms with Crippen molar-refractivity contribution in [3.8, 4) is 5.75 Å². The Bertz CT molecular complexity index is 502. The van der Waals surface area contributed by atoms with Crippen molar-refractivity contribution in [1.82, 2.24) is 5.32 Å². The summed E-state index contributed by atoms with van der Waals surface area (Å²) in [6, 6.07) is 7.42. The summed E-state index contributed by atoms with van der Waals surface area (Å²) in [6.07, 6.45) is 1.88. The van der Waals surface area contributed by atoms with Crippen molar-refractivity contribution in [3.05, 3.63) is 29.8 Å². The van der Waals surface area contributed by atoms with Crippen LogP contribution in [0.15, 0.2) is 24.3 Å². The van der Waals surface area contributed by atoms with Crippen LogP contribution < -0.4 is 10.1 Å². The first-order valence-electron chi connectivity index (χ1n) is 7.88. The van der Waals surface area contributed by atoms with Crippen molar-refractivity contribution in [2.45, 2.75) is 39.2 Å². The molecule has 1 N–H and O–H groups in total. The van der Waals surface area contributed by atoms with Crippen LogP contribution in [0.4, 0.5) is 0 Å². The first kappa shape index (κ1) is 19.2. The fourth-order valence-corrected chi connectivity index (χ4v) is 2.24. The maximum absolute atomic E-state index is 12.2. The summed E-state index contributed by atoms with van der Waals surface area (Å²) in [4.78, 5) is 21.8. The highest BCUT2D eigenvalue weighted by molar-refractivity contribution is 5.98. The van der Waals surface area contributed by atoms with Gasteiger partial charge in [-0.25, -0.2) is 0 Å². The zero-order valence-electron chi connectivity index (χ0n) is 14.4. The first-order chi connectivity index (χ1) is 10.9. The van der Waals surface area contributed by atoms with E-state index in [-0.39, 0.29) is 17.3 Å². The third-order valence-corrected chi connectivity index (χ3v) is 3.47. The molecule has 2 rings (SSSR count). The van der Waals surface area contributed by atoms with Gasteiger partial charge in [-0.3, -0.25) is 9.59 Å². The van der Waals surface area contributed by atoms with Gasteiger partial charge in [-0.05, 0) is 58.8 Å². The van der Waals surface area contributed by atoms with Crippen LogP contribution in [0.25, 0.3) is 0 Å². The topological polar surface area (TPSA) is 64.6 Å². The van der Waals surface area contributed by atoms with Crippen molar-refractivity contribution in [2.24, 2.45) is 5.92 Å². The highest BCUT2D eigenvalue weighted by Crippen LogP contribution is 2.21. The van der Waals surface area contributed by atoms with Gasteiger partial charge in [0.05, 0.1) is 7.11 Å². The van der Waals surface area contributed by atoms with Gasteiger partial charge in [0.2, 0.25) is 0 Å². The Kier molecular flexibility index (Phi) is 7.75. The monoisotopic (exact) mass is 321 g/mol. The molecule has 0 saturated carbocycles. The van der Waals surface area contributed by atoms with Gasteiger partial charge in [0, 0.05) is 11.5 Å². The molecule has 1 aliphatic rings. The van der Waals surface area contributed by atoms with Crippen molar-refractivity contribution in [2.75, 3.05) is 20.2 Å². The Morgan fingerprint density at radius 2 is 1.91 bits per heavy atom. The molecule has 5 heteroatoms. The number of nitrogens with one attached hydrogen (secondary N) is 1. The second-order valence-corrected chi connectivity index (χ2v) is 6.45. The van der Waals surface area contributed by atoms with E-state index in [1.54, 1.807) is 7.11 Å². The molecule has 1 aromatic carbocycles. The van der Waals surface area contributed by atoms with Crippen LogP contribution in [0, 0.1) is 5.92 Å². The molecule has 128 valence electrons. The smallest absolute Gasteiger partial charge is 0.293 e. The normalized spacial score (nSPS) is 15.1. The fraction of sp³-hybridized carbons (Fsp3) is 0.556. The van der Waals surface area contributed by atoms with E-state index in [1.165, 1.54) is 0 Å². The summed E-state index contributed by atoms with van der Waals surface area (Å²) in [5, 5.41) is 3.27. The van der Waals surface area contributed by atoms with E-state index in [9.17, 15) is 9.59 Å². The van der Waals surface area contributed by atoms with Crippen molar-refractivity contribution < 1.29 is 19.1 Å². The number of methoxy groups -OCH3 is 1. The lowest BCUT2D eigenvalue weighted by atomic mass is 9.89. The molecule has 5 nitrogen and oxygen atoms in total. The Labute approximate surface area is 138 Å². The molecule has 0 aliphatic carbocycles. The molecule has 0 spiro atoms. The molecule has 0 atom stereocenters. The molecule has 23 heavy (non-hydrogen) atoms. The molecule has 1 fully saturated rings. The number of piperidine rings is 1. The lowest BCUT2D eigenvalue weighted by Crippen LogP contribution is -2.31. The Morgan fingerprint density at radius 3 is 2.39 bits per heavy atom. The third kappa shape index (κ3) is 7.28. The fourth-order valence-electron chi connectivity index (χ4n) is 2.24. The molecule has 0 amide bonds. The van der Waals surface area contributed by atoms with Crippen molar-refractivity contribution >= 4 is 12.3 Å². The second-order valence-electron chi connectivity index (χ2n) is 6.45. The minimum atomic E-state index is -0.318. The number of carbonyl (C=O) groups is 2. The summed E-state index contributed by atoms with van der Waals surface area (Å²) < 4.78 is 9.68. The molecule has 0 radical (unpaired) electrons.